The molecule has 1 aromatic heterocycles. The van der Waals surface area contributed by atoms with Crippen LogP contribution < -0.4 is 4.74 Å². The van der Waals surface area contributed by atoms with Crippen LogP contribution >= 0.6 is 0 Å². The second kappa shape index (κ2) is 5.65. The lowest BCUT2D eigenvalue weighted by molar-refractivity contribution is 0.112. The molecule has 2 aromatic rings. The standard InChI is InChI=1S/C16H17NO2/c1-11(2)15-7-6-14(9-12(15)3)19-16-13(10-18)5-4-8-17-16/h4-11H,1-3H3. The van der Waals surface area contributed by atoms with Crippen LogP contribution in [-0.4, -0.2) is 11.3 Å². The van der Waals surface area contributed by atoms with E-state index in [0.29, 0.717) is 23.1 Å². The minimum absolute atomic E-state index is 0.342. The molecule has 0 atom stereocenters. The third-order valence-electron chi connectivity index (χ3n) is 3.01. The van der Waals surface area contributed by atoms with Crippen LogP contribution in [0.2, 0.25) is 0 Å². The second-order valence-corrected chi connectivity index (χ2v) is 4.79. The Morgan fingerprint density at radius 2 is 2.05 bits per heavy atom. The Morgan fingerprint density at radius 3 is 2.68 bits per heavy atom. The van der Waals surface area contributed by atoms with Gasteiger partial charge in [0.05, 0.1) is 5.56 Å². The summed E-state index contributed by atoms with van der Waals surface area (Å²) in [5.74, 6) is 1.52. The molecule has 0 aliphatic heterocycles. The monoisotopic (exact) mass is 255 g/mol. The summed E-state index contributed by atoms with van der Waals surface area (Å²) < 4.78 is 5.67. The second-order valence-electron chi connectivity index (χ2n) is 4.79. The Kier molecular flexibility index (Phi) is 3.95. The zero-order chi connectivity index (χ0) is 13.8. The van der Waals surface area contributed by atoms with Crippen molar-refractivity contribution in [1.82, 2.24) is 4.98 Å². The first-order valence-corrected chi connectivity index (χ1v) is 6.30. The number of aromatic nitrogens is 1. The van der Waals surface area contributed by atoms with Crippen LogP contribution in [0.1, 0.15) is 41.3 Å². The maximum Gasteiger partial charge on any atom is 0.229 e. The summed E-state index contributed by atoms with van der Waals surface area (Å²) in [6.07, 6.45) is 2.36. The summed E-state index contributed by atoms with van der Waals surface area (Å²) >= 11 is 0. The highest BCUT2D eigenvalue weighted by Gasteiger charge is 2.08. The van der Waals surface area contributed by atoms with Crippen molar-refractivity contribution in [1.29, 1.82) is 0 Å². The van der Waals surface area contributed by atoms with E-state index in [1.165, 1.54) is 11.1 Å². The number of pyridine rings is 1. The van der Waals surface area contributed by atoms with E-state index in [0.717, 1.165) is 6.29 Å². The average molecular weight is 255 g/mol. The van der Waals surface area contributed by atoms with Gasteiger partial charge in [-0.2, -0.15) is 0 Å². The zero-order valence-electron chi connectivity index (χ0n) is 11.4. The molecule has 3 heteroatoms. The Balaban J connectivity index is 2.29. The van der Waals surface area contributed by atoms with Gasteiger partial charge >= 0.3 is 0 Å². The highest BCUT2D eigenvalue weighted by molar-refractivity contribution is 5.78. The summed E-state index contributed by atoms with van der Waals surface area (Å²) in [6.45, 7) is 6.37. The van der Waals surface area contributed by atoms with Crippen molar-refractivity contribution in [2.75, 3.05) is 0 Å². The molecule has 3 nitrogen and oxygen atoms in total. The quantitative estimate of drug-likeness (QED) is 0.771. The molecule has 2 rings (SSSR count). The van der Waals surface area contributed by atoms with Gasteiger partial charge < -0.3 is 4.74 Å². The molecule has 0 saturated heterocycles. The summed E-state index contributed by atoms with van der Waals surface area (Å²) in [5.41, 5.74) is 2.92. The van der Waals surface area contributed by atoms with E-state index in [1.54, 1.807) is 18.3 Å². The van der Waals surface area contributed by atoms with E-state index in [4.69, 9.17) is 4.74 Å². The van der Waals surface area contributed by atoms with Gasteiger partial charge in [0, 0.05) is 6.20 Å². The van der Waals surface area contributed by atoms with Crippen molar-refractivity contribution in [3.05, 3.63) is 53.2 Å². The predicted octanol–water partition coefficient (Wildman–Crippen LogP) is 4.12. The zero-order valence-corrected chi connectivity index (χ0v) is 11.4. The van der Waals surface area contributed by atoms with E-state index in [9.17, 15) is 4.79 Å². The van der Waals surface area contributed by atoms with Gasteiger partial charge in [0.2, 0.25) is 5.88 Å². The number of ether oxygens (including phenoxy) is 1. The van der Waals surface area contributed by atoms with Crippen LogP contribution in [0, 0.1) is 6.92 Å². The number of hydrogen-bond donors (Lipinski definition) is 0. The Labute approximate surface area is 113 Å². The SMILES string of the molecule is Cc1cc(Oc2ncccc2C=O)ccc1C(C)C. The number of aryl methyl sites for hydroxylation is 1. The Morgan fingerprint density at radius 1 is 1.26 bits per heavy atom. The summed E-state index contributed by atoms with van der Waals surface area (Å²) in [4.78, 5) is 15.0. The fraction of sp³-hybridized carbons (Fsp3) is 0.250. The summed E-state index contributed by atoms with van der Waals surface area (Å²) in [7, 11) is 0. The van der Waals surface area contributed by atoms with Crippen LogP contribution in [-0.2, 0) is 0 Å². The largest absolute Gasteiger partial charge is 0.438 e. The topological polar surface area (TPSA) is 39.2 Å². The van der Waals surface area contributed by atoms with E-state index < -0.39 is 0 Å². The van der Waals surface area contributed by atoms with Gasteiger partial charge in [-0.05, 0) is 48.2 Å². The number of carbonyl (C=O) groups excluding carboxylic acids is 1. The Bertz CT molecular complexity index is 591. The Hall–Kier alpha value is -2.16. The molecule has 0 N–H and O–H groups in total. The van der Waals surface area contributed by atoms with Crippen molar-refractivity contribution >= 4 is 6.29 Å². The number of benzene rings is 1. The molecule has 19 heavy (non-hydrogen) atoms. The fourth-order valence-electron chi connectivity index (χ4n) is 2.05. The molecule has 98 valence electrons. The smallest absolute Gasteiger partial charge is 0.229 e. The number of carbonyl (C=O) groups is 1. The van der Waals surface area contributed by atoms with Crippen molar-refractivity contribution < 1.29 is 9.53 Å². The molecule has 0 fully saturated rings. The van der Waals surface area contributed by atoms with Crippen LogP contribution in [0.15, 0.2) is 36.5 Å². The van der Waals surface area contributed by atoms with Crippen LogP contribution in [0.5, 0.6) is 11.6 Å². The highest BCUT2D eigenvalue weighted by atomic mass is 16.5. The van der Waals surface area contributed by atoms with E-state index in [1.807, 2.05) is 12.1 Å². The van der Waals surface area contributed by atoms with E-state index in [2.05, 4.69) is 31.8 Å². The number of hydrogen-bond acceptors (Lipinski definition) is 3. The van der Waals surface area contributed by atoms with Gasteiger partial charge in [-0.15, -0.1) is 0 Å². The number of nitrogens with zero attached hydrogens (tertiary/aromatic N) is 1. The third-order valence-corrected chi connectivity index (χ3v) is 3.01. The lowest BCUT2D eigenvalue weighted by Crippen LogP contribution is -1.96. The molecule has 0 bridgehead atoms. The molecular formula is C16H17NO2. The van der Waals surface area contributed by atoms with Gasteiger partial charge in [-0.25, -0.2) is 4.98 Å². The van der Waals surface area contributed by atoms with Crippen molar-refractivity contribution in [2.24, 2.45) is 0 Å². The predicted molar refractivity (Wildman–Crippen MR) is 75.0 cm³/mol. The maximum atomic E-state index is 10.9. The van der Waals surface area contributed by atoms with Gasteiger partial charge in [0.1, 0.15) is 5.75 Å². The molecule has 0 spiro atoms. The molecule has 0 aliphatic carbocycles. The molecule has 0 aliphatic rings. The highest BCUT2D eigenvalue weighted by Crippen LogP contribution is 2.27. The van der Waals surface area contributed by atoms with E-state index in [-0.39, 0.29) is 0 Å². The van der Waals surface area contributed by atoms with Crippen molar-refractivity contribution in [3.63, 3.8) is 0 Å². The minimum atomic E-state index is 0.342. The summed E-state index contributed by atoms with van der Waals surface area (Å²) in [6, 6.07) is 9.33. The minimum Gasteiger partial charge on any atom is -0.438 e. The summed E-state index contributed by atoms with van der Waals surface area (Å²) in [5, 5.41) is 0. The van der Waals surface area contributed by atoms with Crippen molar-refractivity contribution in [3.8, 4) is 11.6 Å². The molecule has 0 amide bonds. The van der Waals surface area contributed by atoms with Crippen LogP contribution in [0.4, 0.5) is 0 Å². The lowest BCUT2D eigenvalue weighted by Gasteiger charge is -2.12. The normalized spacial score (nSPS) is 10.5. The first kappa shape index (κ1) is 13.3. The maximum absolute atomic E-state index is 10.9. The van der Waals surface area contributed by atoms with Crippen LogP contribution in [0.3, 0.4) is 0 Å². The number of aldehydes is 1. The molecule has 0 unspecified atom stereocenters. The van der Waals surface area contributed by atoms with Gasteiger partial charge in [0.25, 0.3) is 0 Å². The molecule has 1 heterocycles. The van der Waals surface area contributed by atoms with Crippen molar-refractivity contribution in [2.45, 2.75) is 26.7 Å². The molecule has 1 aromatic carbocycles. The van der Waals surface area contributed by atoms with Gasteiger partial charge in [-0.3, -0.25) is 4.79 Å². The average Bonchev–Trinajstić information content (AvgIpc) is 2.39. The van der Waals surface area contributed by atoms with E-state index >= 15 is 0 Å². The first-order chi connectivity index (χ1) is 9.11. The first-order valence-electron chi connectivity index (χ1n) is 6.30. The third kappa shape index (κ3) is 2.99. The number of rotatable bonds is 4. The molecule has 0 saturated carbocycles. The van der Waals surface area contributed by atoms with Gasteiger partial charge in [-0.1, -0.05) is 19.9 Å². The van der Waals surface area contributed by atoms with Gasteiger partial charge in [0.15, 0.2) is 6.29 Å². The molecule has 0 radical (unpaired) electrons. The fourth-order valence-corrected chi connectivity index (χ4v) is 2.05. The molecular weight excluding hydrogens is 238 g/mol. The van der Waals surface area contributed by atoms with Crippen LogP contribution in [0.25, 0.3) is 0 Å². The lowest BCUT2D eigenvalue weighted by atomic mass is 9.98.